The summed E-state index contributed by atoms with van der Waals surface area (Å²) in [4.78, 5) is 0. The zero-order valence-corrected chi connectivity index (χ0v) is 16.3. The van der Waals surface area contributed by atoms with E-state index in [2.05, 4.69) is 15.3 Å². The van der Waals surface area contributed by atoms with Gasteiger partial charge in [-0.1, -0.05) is 48.3 Å². The van der Waals surface area contributed by atoms with E-state index in [0.717, 1.165) is 23.4 Å². The molecule has 3 rings (SSSR count). The van der Waals surface area contributed by atoms with Gasteiger partial charge in [0.1, 0.15) is 12.4 Å². The summed E-state index contributed by atoms with van der Waals surface area (Å²) in [5.74, 6) is 1.45. The first-order chi connectivity index (χ1) is 12.6. The van der Waals surface area contributed by atoms with Gasteiger partial charge in [-0.05, 0) is 36.5 Å². The molecular weight excluding hydrogens is 391 g/mol. The second-order valence-electron chi connectivity index (χ2n) is 5.42. The minimum absolute atomic E-state index is 0.326. The van der Waals surface area contributed by atoms with Gasteiger partial charge in [-0.2, -0.15) is 14.9 Å². The van der Waals surface area contributed by atoms with Crippen molar-refractivity contribution in [3.8, 4) is 5.75 Å². The first kappa shape index (κ1) is 18.6. The molecule has 5 nitrogen and oxygen atoms in total. The Hall–Kier alpha value is -2.15. The summed E-state index contributed by atoms with van der Waals surface area (Å²) in [6, 6.07) is 12.9. The third kappa shape index (κ3) is 4.33. The highest BCUT2D eigenvalue weighted by Gasteiger charge is 2.06. The molecule has 0 unspecified atom stereocenters. The third-order valence-corrected chi connectivity index (χ3v) is 4.51. The number of nitrogens with one attached hydrogen (secondary N) is 1. The molecule has 1 heterocycles. The van der Waals surface area contributed by atoms with E-state index in [1.807, 2.05) is 37.3 Å². The van der Waals surface area contributed by atoms with E-state index in [4.69, 9.17) is 40.2 Å². The highest BCUT2D eigenvalue weighted by Crippen LogP contribution is 2.24. The maximum atomic E-state index is 6.20. The molecule has 0 aliphatic rings. The van der Waals surface area contributed by atoms with Crippen LogP contribution in [-0.2, 0) is 13.0 Å². The first-order valence-corrected chi connectivity index (χ1v) is 9.11. The SMILES string of the molecule is CCc1n[nH]c(=S)n1/N=C/c1ccccc1OCc1ccc(Cl)cc1Cl. The van der Waals surface area contributed by atoms with Crippen LogP contribution in [0, 0.1) is 4.77 Å². The Bertz CT molecular complexity index is 997. The quantitative estimate of drug-likeness (QED) is 0.447. The lowest BCUT2D eigenvalue weighted by Crippen LogP contribution is -2.01. The van der Waals surface area contributed by atoms with E-state index < -0.39 is 0 Å². The van der Waals surface area contributed by atoms with Gasteiger partial charge in [-0.15, -0.1) is 0 Å². The van der Waals surface area contributed by atoms with Crippen molar-refractivity contribution in [2.24, 2.45) is 5.10 Å². The van der Waals surface area contributed by atoms with Crippen molar-refractivity contribution in [1.29, 1.82) is 0 Å². The number of rotatable bonds is 6. The van der Waals surface area contributed by atoms with Crippen LogP contribution in [0.15, 0.2) is 47.6 Å². The minimum atomic E-state index is 0.326. The molecule has 8 heteroatoms. The number of ether oxygens (including phenoxy) is 1. The Kier molecular flexibility index (Phi) is 6.08. The van der Waals surface area contributed by atoms with Gasteiger partial charge in [0, 0.05) is 27.6 Å². The zero-order valence-electron chi connectivity index (χ0n) is 13.9. The normalized spacial score (nSPS) is 11.2. The van der Waals surface area contributed by atoms with Crippen molar-refractivity contribution < 1.29 is 4.74 Å². The van der Waals surface area contributed by atoms with Crippen LogP contribution in [0.5, 0.6) is 5.75 Å². The summed E-state index contributed by atoms with van der Waals surface area (Å²) in [6.45, 7) is 2.32. The first-order valence-electron chi connectivity index (χ1n) is 7.95. The highest BCUT2D eigenvalue weighted by molar-refractivity contribution is 7.71. The average molecular weight is 407 g/mol. The number of aromatic amines is 1. The summed E-state index contributed by atoms with van der Waals surface area (Å²) < 4.78 is 7.97. The fourth-order valence-electron chi connectivity index (χ4n) is 2.31. The van der Waals surface area contributed by atoms with Crippen LogP contribution >= 0.6 is 35.4 Å². The topological polar surface area (TPSA) is 55.2 Å². The maximum Gasteiger partial charge on any atom is 0.216 e. The smallest absolute Gasteiger partial charge is 0.216 e. The zero-order chi connectivity index (χ0) is 18.5. The van der Waals surface area contributed by atoms with Gasteiger partial charge in [-0.25, -0.2) is 0 Å². The molecule has 134 valence electrons. The molecule has 0 saturated carbocycles. The van der Waals surface area contributed by atoms with Crippen molar-refractivity contribution in [1.82, 2.24) is 14.9 Å². The highest BCUT2D eigenvalue weighted by atomic mass is 35.5. The van der Waals surface area contributed by atoms with E-state index in [1.54, 1.807) is 23.0 Å². The lowest BCUT2D eigenvalue weighted by atomic mass is 10.2. The fraction of sp³-hybridized carbons (Fsp3) is 0.167. The van der Waals surface area contributed by atoms with Crippen LogP contribution in [0.1, 0.15) is 23.9 Å². The van der Waals surface area contributed by atoms with E-state index >= 15 is 0 Å². The van der Waals surface area contributed by atoms with Crippen LogP contribution in [-0.4, -0.2) is 21.1 Å². The number of hydrogen-bond donors (Lipinski definition) is 1. The lowest BCUT2D eigenvalue weighted by Gasteiger charge is -2.10. The molecule has 0 saturated heterocycles. The van der Waals surface area contributed by atoms with E-state index in [-0.39, 0.29) is 0 Å². The van der Waals surface area contributed by atoms with E-state index in [1.165, 1.54) is 0 Å². The molecule has 26 heavy (non-hydrogen) atoms. The molecule has 1 N–H and O–H groups in total. The summed E-state index contributed by atoms with van der Waals surface area (Å²) in [5, 5.41) is 12.5. The van der Waals surface area contributed by atoms with Crippen LogP contribution in [0.3, 0.4) is 0 Å². The number of halogens is 2. The van der Waals surface area contributed by atoms with Crippen molar-refractivity contribution in [2.75, 3.05) is 0 Å². The Morgan fingerprint density at radius 3 is 2.85 bits per heavy atom. The molecule has 3 aromatic rings. The number of aromatic nitrogens is 3. The number of para-hydroxylation sites is 1. The number of H-pyrrole nitrogens is 1. The second kappa shape index (κ2) is 8.49. The molecule has 0 bridgehead atoms. The van der Waals surface area contributed by atoms with Crippen LogP contribution in [0.25, 0.3) is 0 Å². The van der Waals surface area contributed by atoms with Gasteiger partial charge in [0.05, 0.1) is 6.21 Å². The molecule has 0 fully saturated rings. The molecule has 0 amide bonds. The maximum absolute atomic E-state index is 6.20. The summed E-state index contributed by atoms with van der Waals surface area (Å²) in [6.07, 6.45) is 2.42. The minimum Gasteiger partial charge on any atom is -0.488 e. The van der Waals surface area contributed by atoms with Gasteiger partial charge in [0.15, 0.2) is 5.82 Å². The summed E-state index contributed by atoms with van der Waals surface area (Å²) in [7, 11) is 0. The molecule has 0 radical (unpaired) electrons. The Morgan fingerprint density at radius 1 is 1.27 bits per heavy atom. The molecule has 2 aromatic carbocycles. The fourth-order valence-corrected chi connectivity index (χ4v) is 2.97. The molecular formula is C18H16Cl2N4OS. The van der Waals surface area contributed by atoms with Gasteiger partial charge in [0.25, 0.3) is 0 Å². The van der Waals surface area contributed by atoms with Crippen molar-refractivity contribution in [3.63, 3.8) is 0 Å². The number of hydrogen-bond acceptors (Lipinski definition) is 4. The second-order valence-corrected chi connectivity index (χ2v) is 6.65. The standard InChI is InChI=1S/C18H16Cl2N4OS/c1-2-17-22-23-18(26)24(17)21-10-12-5-3-4-6-16(12)25-11-13-7-8-14(19)9-15(13)20/h3-10H,2,11H2,1H3,(H,23,26)/b21-10+. The largest absolute Gasteiger partial charge is 0.488 e. The molecule has 0 spiro atoms. The summed E-state index contributed by atoms with van der Waals surface area (Å²) >= 11 is 17.3. The van der Waals surface area contributed by atoms with Gasteiger partial charge < -0.3 is 4.74 Å². The molecule has 0 atom stereocenters. The Morgan fingerprint density at radius 2 is 2.08 bits per heavy atom. The van der Waals surface area contributed by atoms with Crippen molar-refractivity contribution in [3.05, 3.63) is 74.2 Å². The molecule has 0 aliphatic heterocycles. The number of benzene rings is 2. The molecule has 0 aliphatic carbocycles. The molecule has 1 aromatic heterocycles. The third-order valence-electron chi connectivity index (χ3n) is 3.66. The Labute approximate surface area is 166 Å². The summed E-state index contributed by atoms with van der Waals surface area (Å²) in [5.41, 5.74) is 1.68. The monoisotopic (exact) mass is 406 g/mol. The van der Waals surface area contributed by atoms with Gasteiger partial charge in [0.2, 0.25) is 4.77 Å². The van der Waals surface area contributed by atoms with Crippen LogP contribution in [0.4, 0.5) is 0 Å². The van der Waals surface area contributed by atoms with Gasteiger partial charge >= 0.3 is 0 Å². The number of aryl methyl sites for hydroxylation is 1. The van der Waals surface area contributed by atoms with Crippen LogP contribution < -0.4 is 4.74 Å². The average Bonchev–Trinajstić information content (AvgIpc) is 2.99. The van der Waals surface area contributed by atoms with Crippen molar-refractivity contribution >= 4 is 41.6 Å². The predicted octanol–water partition coefficient (Wildman–Crippen LogP) is 5.27. The number of nitrogens with zero attached hydrogens (tertiary/aromatic N) is 3. The predicted molar refractivity (Wildman–Crippen MR) is 107 cm³/mol. The van der Waals surface area contributed by atoms with Gasteiger partial charge in [-0.3, -0.25) is 5.10 Å². The lowest BCUT2D eigenvalue weighted by molar-refractivity contribution is 0.306. The Balaban J connectivity index is 1.81. The van der Waals surface area contributed by atoms with Crippen LogP contribution in [0.2, 0.25) is 10.0 Å². The van der Waals surface area contributed by atoms with E-state index in [0.29, 0.717) is 27.2 Å². The van der Waals surface area contributed by atoms with E-state index in [9.17, 15) is 0 Å². The van der Waals surface area contributed by atoms with Crippen molar-refractivity contribution in [2.45, 2.75) is 20.0 Å².